The minimum atomic E-state index is 0.383. The number of ether oxygens (including phenoxy) is 1. The number of nitrogens with two attached hydrogens (primary N) is 1. The van der Waals surface area contributed by atoms with E-state index >= 15 is 0 Å². The molecule has 0 atom stereocenters. The molecular weight excluding hydrogens is 257 g/mol. The Morgan fingerprint density at radius 1 is 1.06 bits per heavy atom. The monoisotopic (exact) mass is 267 g/mol. The van der Waals surface area contributed by atoms with Gasteiger partial charge < -0.3 is 10.5 Å². The van der Waals surface area contributed by atoms with E-state index in [2.05, 4.69) is 0 Å². The molecule has 0 saturated heterocycles. The predicted octanol–water partition coefficient (Wildman–Crippen LogP) is 4.15. The zero-order valence-corrected chi connectivity index (χ0v) is 10.5. The summed E-state index contributed by atoms with van der Waals surface area (Å²) in [6.07, 6.45) is 0. The average molecular weight is 268 g/mol. The van der Waals surface area contributed by atoms with Crippen molar-refractivity contribution in [2.75, 3.05) is 5.73 Å². The van der Waals surface area contributed by atoms with Crippen molar-refractivity contribution in [2.45, 2.75) is 6.61 Å². The fourth-order valence-electron chi connectivity index (χ4n) is 1.46. The van der Waals surface area contributed by atoms with E-state index in [1.54, 1.807) is 18.2 Å². The van der Waals surface area contributed by atoms with Gasteiger partial charge in [0.15, 0.2) is 5.75 Å². The van der Waals surface area contributed by atoms with E-state index in [1.807, 2.05) is 24.3 Å². The standard InChI is InChI=1S/C13H11Cl2NO/c14-10-4-1-3-9(7-10)8-17-13-11(15)5-2-6-12(13)16/h1-7H,8,16H2. The molecule has 2 aromatic rings. The molecule has 2 rings (SSSR count). The van der Waals surface area contributed by atoms with E-state index in [1.165, 1.54) is 0 Å². The number of benzene rings is 2. The normalized spacial score (nSPS) is 10.2. The van der Waals surface area contributed by atoms with Crippen molar-refractivity contribution in [1.82, 2.24) is 0 Å². The van der Waals surface area contributed by atoms with Gasteiger partial charge in [-0.2, -0.15) is 0 Å². The van der Waals surface area contributed by atoms with Crippen LogP contribution in [0.1, 0.15) is 5.56 Å². The van der Waals surface area contributed by atoms with Crippen molar-refractivity contribution in [2.24, 2.45) is 0 Å². The largest absolute Gasteiger partial charge is 0.485 e. The van der Waals surface area contributed by atoms with Gasteiger partial charge in [-0.25, -0.2) is 0 Å². The molecule has 0 saturated carbocycles. The lowest BCUT2D eigenvalue weighted by Gasteiger charge is -2.10. The topological polar surface area (TPSA) is 35.2 Å². The molecule has 0 spiro atoms. The van der Waals surface area contributed by atoms with Crippen LogP contribution in [0.4, 0.5) is 5.69 Å². The summed E-state index contributed by atoms with van der Waals surface area (Å²) in [6.45, 7) is 0.383. The SMILES string of the molecule is Nc1cccc(Cl)c1OCc1cccc(Cl)c1. The van der Waals surface area contributed by atoms with Crippen molar-refractivity contribution < 1.29 is 4.74 Å². The molecule has 2 aromatic carbocycles. The zero-order chi connectivity index (χ0) is 12.3. The molecule has 0 aliphatic rings. The van der Waals surface area contributed by atoms with Crippen LogP contribution in [0, 0.1) is 0 Å². The second-order valence-electron chi connectivity index (χ2n) is 3.58. The van der Waals surface area contributed by atoms with Gasteiger partial charge in [-0.15, -0.1) is 0 Å². The van der Waals surface area contributed by atoms with Crippen molar-refractivity contribution >= 4 is 28.9 Å². The molecule has 0 unspecified atom stereocenters. The van der Waals surface area contributed by atoms with Crippen LogP contribution in [0.25, 0.3) is 0 Å². The lowest BCUT2D eigenvalue weighted by molar-refractivity contribution is 0.308. The lowest BCUT2D eigenvalue weighted by atomic mass is 10.2. The van der Waals surface area contributed by atoms with E-state index in [4.69, 9.17) is 33.7 Å². The minimum Gasteiger partial charge on any atom is -0.485 e. The van der Waals surface area contributed by atoms with Gasteiger partial charge in [-0.05, 0) is 29.8 Å². The molecule has 0 aromatic heterocycles. The fraction of sp³-hybridized carbons (Fsp3) is 0.0769. The number of nitrogen functional groups attached to an aromatic ring is 1. The molecule has 88 valence electrons. The predicted molar refractivity (Wildman–Crippen MR) is 71.6 cm³/mol. The van der Waals surface area contributed by atoms with E-state index < -0.39 is 0 Å². The summed E-state index contributed by atoms with van der Waals surface area (Å²) in [5, 5.41) is 1.19. The molecule has 0 aliphatic heterocycles. The Morgan fingerprint density at radius 2 is 1.82 bits per heavy atom. The number of halogens is 2. The molecule has 2 N–H and O–H groups in total. The minimum absolute atomic E-state index is 0.383. The molecule has 0 heterocycles. The summed E-state index contributed by atoms with van der Waals surface area (Å²) >= 11 is 11.9. The van der Waals surface area contributed by atoms with Crippen LogP contribution < -0.4 is 10.5 Å². The molecule has 0 fully saturated rings. The highest BCUT2D eigenvalue weighted by Crippen LogP contribution is 2.31. The summed E-state index contributed by atoms with van der Waals surface area (Å²) < 4.78 is 5.59. The Balaban J connectivity index is 2.13. The number of anilines is 1. The Kier molecular flexibility index (Phi) is 3.77. The summed E-state index contributed by atoms with van der Waals surface area (Å²) in [5.41, 5.74) is 7.28. The van der Waals surface area contributed by atoms with Gasteiger partial charge in [0.2, 0.25) is 0 Å². The van der Waals surface area contributed by atoms with Gasteiger partial charge in [0, 0.05) is 5.02 Å². The second-order valence-corrected chi connectivity index (χ2v) is 4.42. The van der Waals surface area contributed by atoms with Gasteiger partial charge in [0.1, 0.15) is 6.61 Å². The molecule has 0 amide bonds. The van der Waals surface area contributed by atoms with Gasteiger partial charge in [0.25, 0.3) is 0 Å². The van der Waals surface area contributed by atoms with Crippen LogP contribution in [0.2, 0.25) is 10.0 Å². The van der Waals surface area contributed by atoms with Crippen molar-refractivity contribution in [3.8, 4) is 5.75 Å². The molecule has 17 heavy (non-hydrogen) atoms. The summed E-state index contributed by atoms with van der Waals surface area (Å²) in [7, 11) is 0. The van der Waals surface area contributed by atoms with Crippen molar-refractivity contribution in [1.29, 1.82) is 0 Å². The molecule has 2 nitrogen and oxygen atoms in total. The summed E-state index contributed by atoms with van der Waals surface area (Å²) in [4.78, 5) is 0. The number of hydrogen-bond acceptors (Lipinski definition) is 2. The molecule has 4 heteroatoms. The Morgan fingerprint density at radius 3 is 2.53 bits per heavy atom. The highest BCUT2D eigenvalue weighted by molar-refractivity contribution is 6.32. The summed E-state index contributed by atoms with van der Waals surface area (Å²) in [6, 6.07) is 12.7. The van der Waals surface area contributed by atoms with Crippen LogP contribution in [0.15, 0.2) is 42.5 Å². The molecular formula is C13H11Cl2NO. The first-order chi connectivity index (χ1) is 8.16. The third kappa shape index (κ3) is 3.05. The van der Waals surface area contributed by atoms with E-state index in [0.717, 1.165) is 5.56 Å². The smallest absolute Gasteiger partial charge is 0.161 e. The van der Waals surface area contributed by atoms with Crippen LogP contribution in [0.5, 0.6) is 5.75 Å². The maximum atomic E-state index is 6.00. The highest BCUT2D eigenvalue weighted by Gasteiger charge is 2.05. The third-order valence-corrected chi connectivity index (χ3v) is 2.80. The number of para-hydroxylation sites is 1. The molecule has 0 radical (unpaired) electrons. The van der Waals surface area contributed by atoms with E-state index in [0.29, 0.717) is 28.1 Å². The maximum Gasteiger partial charge on any atom is 0.161 e. The fourth-order valence-corrected chi connectivity index (χ4v) is 1.91. The van der Waals surface area contributed by atoms with Gasteiger partial charge in [0.05, 0.1) is 10.7 Å². The summed E-state index contributed by atoms with van der Waals surface area (Å²) in [5.74, 6) is 0.508. The van der Waals surface area contributed by atoms with Crippen LogP contribution >= 0.6 is 23.2 Å². The zero-order valence-electron chi connectivity index (χ0n) is 8.99. The van der Waals surface area contributed by atoms with Crippen LogP contribution in [-0.4, -0.2) is 0 Å². The van der Waals surface area contributed by atoms with E-state index in [9.17, 15) is 0 Å². The number of hydrogen-bond donors (Lipinski definition) is 1. The Hall–Kier alpha value is -1.38. The first kappa shape index (κ1) is 12.1. The third-order valence-electron chi connectivity index (χ3n) is 2.27. The Labute approximate surface area is 110 Å². The number of rotatable bonds is 3. The van der Waals surface area contributed by atoms with Crippen molar-refractivity contribution in [3.05, 3.63) is 58.1 Å². The van der Waals surface area contributed by atoms with E-state index in [-0.39, 0.29) is 0 Å². The first-order valence-corrected chi connectivity index (χ1v) is 5.83. The Bertz CT molecular complexity index is 508. The van der Waals surface area contributed by atoms with Gasteiger partial charge >= 0.3 is 0 Å². The van der Waals surface area contributed by atoms with Gasteiger partial charge in [-0.3, -0.25) is 0 Å². The van der Waals surface area contributed by atoms with Gasteiger partial charge in [-0.1, -0.05) is 41.4 Å². The highest BCUT2D eigenvalue weighted by atomic mass is 35.5. The molecule has 0 aliphatic carbocycles. The van der Waals surface area contributed by atoms with Crippen LogP contribution in [0.3, 0.4) is 0 Å². The second kappa shape index (κ2) is 5.30. The maximum absolute atomic E-state index is 6.00. The average Bonchev–Trinajstić information content (AvgIpc) is 2.28. The lowest BCUT2D eigenvalue weighted by Crippen LogP contribution is -1.99. The first-order valence-electron chi connectivity index (χ1n) is 5.08. The van der Waals surface area contributed by atoms with Crippen LogP contribution in [-0.2, 0) is 6.61 Å². The quantitative estimate of drug-likeness (QED) is 0.848. The molecule has 0 bridgehead atoms. The van der Waals surface area contributed by atoms with Crippen molar-refractivity contribution in [3.63, 3.8) is 0 Å².